The highest BCUT2D eigenvalue weighted by molar-refractivity contribution is 6.07. The van der Waals surface area contributed by atoms with Gasteiger partial charge in [0, 0.05) is 62.9 Å². The predicted octanol–water partition coefficient (Wildman–Crippen LogP) is 2.96. The van der Waals surface area contributed by atoms with Gasteiger partial charge in [0.2, 0.25) is 5.91 Å². The van der Waals surface area contributed by atoms with Gasteiger partial charge in [-0.2, -0.15) is 0 Å². The summed E-state index contributed by atoms with van der Waals surface area (Å²) >= 11 is 0. The molecule has 0 bridgehead atoms. The quantitative estimate of drug-likeness (QED) is 0.650. The number of rotatable bonds is 5. The molecule has 0 unspecified atom stereocenters. The van der Waals surface area contributed by atoms with Crippen molar-refractivity contribution in [3.8, 4) is 0 Å². The van der Waals surface area contributed by atoms with Crippen LogP contribution in [0.1, 0.15) is 46.4 Å². The zero-order valence-corrected chi connectivity index (χ0v) is 21.0. The van der Waals surface area contributed by atoms with Crippen molar-refractivity contribution in [2.45, 2.75) is 25.7 Å². The van der Waals surface area contributed by atoms with Gasteiger partial charge in [0.1, 0.15) is 5.82 Å². The van der Waals surface area contributed by atoms with E-state index in [9.17, 15) is 18.8 Å². The number of nitrogens with zero attached hydrogens (tertiary/aromatic N) is 3. The summed E-state index contributed by atoms with van der Waals surface area (Å²) in [5, 5.41) is 6.28. The van der Waals surface area contributed by atoms with E-state index in [1.807, 2.05) is 21.9 Å². The van der Waals surface area contributed by atoms with Gasteiger partial charge < -0.3 is 25.3 Å². The lowest BCUT2D eigenvalue weighted by Gasteiger charge is -2.27. The molecule has 1 aliphatic carbocycles. The van der Waals surface area contributed by atoms with Gasteiger partial charge in [-0.25, -0.2) is 4.39 Å². The molecule has 2 aliphatic heterocycles. The van der Waals surface area contributed by atoms with Crippen LogP contribution in [0, 0.1) is 11.7 Å². The molecule has 2 heterocycles. The predicted molar refractivity (Wildman–Crippen MR) is 140 cm³/mol. The molecule has 0 atom stereocenters. The monoisotopic (exact) mass is 507 g/mol. The van der Waals surface area contributed by atoms with E-state index >= 15 is 0 Å². The Balaban J connectivity index is 1.40. The van der Waals surface area contributed by atoms with Crippen molar-refractivity contribution in [1.82, 2.24) is 15.1 Å². The second-order valence-corrected chi connectivity index (χ2v) is 10.0. The summed E-state index contributed by atoms with van der Waals surface area (Å²) in [5.74, 6) is -0.405. The van der Waals surface area contributed by atoms with E-state index in [4.69, 9.17) is 0 Å². The minimum Gasteiger partial charge on any atom is -0.368 e. The molecule has 37 heavy (non-hydrogen) atoms. The summed E-state index contributed by atoms with van der Waals surface area (Å²) < 4.78 is 13.4. The molecule has 3 fully saturated rings. The molecule has 5 rings (SSSR count). The van der Waals surface area contributed by atoms with Gasteiger partial charge in [-0.05, 0) is 74.7 Å². The molecule has 3 aliphatic rings. The van der Waals surface area contributed by atoms with Crippen LogP contribution in [0.5, 0.6) is 0 Å². The third-order valence-corrected chi connectivity index (χ3v) is 7.30. The summed E-state index contributed by atoms with van der Waals surface area (Å²) in [4.78, 5) is 45.0. The smallest absolute Gasteiger partial charge is 0.255 e. The van der Waals surface area contributed by atoms with E-state index in [-0.39, 0.29) is 23.6 Å². The van der Waals surface area contributed by atoms with Crippen molar-refractivity contribution in [2.75, 3.05) is 62.6 Å². The van der Waals surface area contributed by atoms with Crippen LogP contribution >= 0.6 is 0 Å². The standard InChI is InChI=1S/C28H34FN5O3/c29-23-8-5-20(6-9-23)26(35)31-24-19-22(28(37)33-13-1-11-30-12-16-33)7-10-25(24)32-14-2-15-34(18-17-32)27(36)21-3-4-21/h5-10,19,21,30H,1-4,11-18H2,(H,31,35). The van der Waals surface area contributed by atoms with Crippen molar-refractivity contribution in [2.24, 2.45) is 5.92 Å². The fourth-order valence-corrected chi connectivity index (χ4v) is 5.04. The Kier molecular flexibility index (Phi) is 7.69. The SMILES string of the molecule is O=C(Nc1cc(C(=O)N2CCCNCC2)ccc1N1CCCN(C(=O)C2CC2)CC1)c1ccc(F)cc1. The minimum atomic E-state index is -0.411. The lowest BCUT2D eigenvalue weighted by atomic mass is 10.1. The third-order valence-electron chi connectivity index (χ3n) is 7.30. The number of nitrogens with one attached hydrogen (secondary N) is 2. The summed E-state index contributed by atoms with van der Waals surface area (Å²) in [6.45, 7) is 5.68. The minimum absolute atomic E-state index is 0.0652. The van der Waals surface area contributed by atoms with E-state index in [1.165, 1.54) is 24.3 Å². The van der Waals surface area contributed by atoms with E-state index in [2.05, 4.69) is 15.5 Å². The van der Waals surface area contributed by atoms with Crippen LogP contribution in [0.15, 0.2) is 42.5 Å². The van der Waals surface area contributed by atoms with Crippen LogP contribution in [0.3, 0.4) is 0 Å². The normalized spacial score (nSPS) is 18.7. The van der Waals surface area contributed by atoms with Gasteiger partial charge in [0.25, 0.3) is 11.8 Å². The maximum absolute atomic E-state index is 13.4. The lowest BCUT2D eigenvalue weighted by Crippen LogP contribution is -2.36. The summed E-state index contributed by atoms with van der Waals surface area (Å²) in [6.07, 6.45) is 3.69. The molecular weight excluding hydrogens is 473 g/mol. The zero-order chi connectivity index (χ0) is 25.8. The van der Waals surface area contributed by atoms with Crippen molar-refractivity contribution >= 4 is 29.1 Å². The number of hydrogen-bond donors (Lipinski definition) is 2. The first-order valence-electron chi connectivity index (χ1n) is 13.2. The molecule has 2 aromatic carbocycles. The van der Waals surface area contributed by atoms with Crippen LogP contribution < -0.4 is 15.5 Å². The largest absolute Gasteiger partial charge is 0.368 e. The number of carbonyl (C=O) groups excluding carboxylic acids is 3. The molecule has 196 valence electrons. The zero-order valence-electron chi connectivity index (χ0n) is 21.0. The first-order valence-corrected chi connectivity index (χ1v) is 13.2. The van der Waals surface area contributed by atoms with Gasteiger partial charge in [-0.15, -0.1) is 0 Å². The van der Waals surface area contributed by atoms with Crippen molar-refractivity contribution in [3.63, 3.8) is 0 Å². The van der Waals surface area contributed by atoms with Gasteiger partial charge >= 0.3 is 0 Å². The van der Waals surface area contributed by atoms with Crippen LogP contribution in [-0.4, -0.2) is 79.9 Å². The molecule has 0 radical (unpaired) electrons. The highest BCUT2D eigenvalue weighted by Crippen LogP contribution is 2.33. The Morgan fingerprint density at radius 2 is 1.57 bits per heavy atom. The van der Waals surface area contributed by atoms with Crippen LogP contribution in [0.2, 0.25) is 0 Å². The molecular formula is C28H34FN5O3. The lowest BCUT2D eigenvalue weighted by molar-refractivity contribution is -0.132. The molecule has 2 N–H and O–H groups in total. The molecule has 2 aromatic rings. The average Bonchev–Trinajstić information content (AvgIpc) is 3.77. The highest BCUT2D eigenvalue weighted by Gasteiger charge is 2.34. The first kappa shape index (κ1) is 25.2. The van der Waals surface area contributed by atoms with E-state index in [1.54, 1.807) is 6.07 Å². The number of hydrogen-bond acceptors (Lipinski definition) is 5. The highest BCUT2D eigenvalue weighted by atomic mass is 19.1. The fraction of sp³-hybridized carbons (Fsp3) is 0.464. The maximum atomic E-state index is 13.4. The van der Waals surface area contributed by atoms with E-state index < -0.39 is 5.82 Å². The van der Waals surface area contributed by atoms with E-state index in [0.29, 0.717) is 43.0 Å². The van der Waals surface area contributed by atoms with Crippen molar-refractivity contribution in [1.29, 1.82) is 0 Å². The molecule has 2 saturated heterocycles. The maximum Gasteiger partial charge on any atom is 0.255 e. The van der Waals surface area contributed by atoms with E-state index in [0.717, 1.165) is 57.5 Å². The number of carbonyl (C=O) groups is 3. The molecule has 0 spiro atoms. The van der Waals surface area contributed by atoms with Gasteiger partial charge in [0.15, 0.2) is 0 Å². The summed E-state index contributed by atoms with van der Waals surface area (Å²) in [6, 6.07) is 10.8. The molecule has 0 aromatic heterocycles. The number of benzene rings is 2. The third kappa shape index (κ3) is 6.10. The fourth-order valence-electron chi connectivity index (χ4n) is 5.04. The topological polar surface area (TPSA) is 85.0 Å². The van der Waals surface area contributed by atoms with Gasteiger partial charge in [-0.3, -0.25) is 14.4 Å². The van der Waals surface area contributed by atoms with Crippen molar-refractivity contribution < 1.29 is 18.8 Å². The average molecular weight is 508 g/mol. The number of halogens is 1. The van der Waals surface area contributed by atoms with Crippen LogP contribution in [-0.2, 0) is 4.79 Å². The second-order valence-electron chi connectivity index (χ2n) is 10.0. The van der Waals surface area contributed by atoms with Crippen LogP contribution in [0.25, 0.3) is 0 Å². The first-order chi connectivity index (χ1) is 18.0. The number of amides is 3. The Morgan fingerprint density at radius 1 is 0.811 bits per heavy atom. The summed E-state index contributed by atoms with van der Waals surface area (Å²) in [7, 11) is 0. The van der Waals surface area contributed by atoms with Gasteiger partial charge in [-0.1, -0.05) is 0 Å². The van der Waals surface area contributed by atoms with Crippen molar-refractivity contribution in [3.05, 3.63) is 59.4 Å². The summed E-state index contributed by atoms with van der Waals surface area (Å²) in [5.41, 5.74) is 2.19. The molecule has 9 heteroatoms. The Morgan fingerprint density at radius 3 is 2.35 bits per heavy atom. The Hall–Kier alpha value is -3.46. The second kappa shape index (κ2) is 11.3. The Labute approximate surface area is 216 Å². The van der Waals surface area contributed by atoms with Gasteiger partial charge in [0.05, 0.1) is 11.4 Å². The van der Waals surface area contributed by atoms with Crippen LogP contribution in [0.4, 0.5) is 15.8 Å². The number of anilines is 2. The molecule has 1 saturated carbocycles. The molecule has 8 nitrogen and oxygen atoms in total. The molecule has 3 amide bonds. The Bertz CT molecular complexity index is 1140.